The molecule has 2 heterocycles. The Morgan fingerprint density at radius 3 is 2.42 bits per heavy atom. The molecule has 2 aliphatic heterocycles. The third kappa shape index (κ3) is 4.49. The summed E-state index contributed by atoms with van der Waals surface area (Å²) in [6.07, 6.45) is 5.67. The van der Waals surface area contributed by atoms with Gasteiger partial charge in [0.2, 0.25) is 5.91 Å². The number of carbonyl (C=O) groups is 2. The van der Waals surface area contributed by atoms with E-state index in [0.29, 0.717) is 19.5 Å². The maximum Gasteiger partial charge on any atom is 0.303 e. The van der Waals surface area contributed by atoms with E-state index in [1.165, 1.54) is 0 Å². The highest BCUT2D eigenvalue weighted by molar-refractivity contribution is 5.76. The van der Waals surface area contributed by atoms with Crippen LogP contribution in [-0.2, 0) is 14.3 Å². The van der Waals surface area contributed by atoms with Crippen molar-refractivity contribution in [3.63, 3.8) is 0 Å². The van der Waals surface area contributed by atoms with E-state index in [4.69, 9.17) is 9.84 Å². The molecule has 0 aromatic rings. The number of carboxylic acids is 1. The van der Waals surface area contributed by atoms with E-state index < -0.39 is 5.97 Å². The molecule has 1 amide bonds. The molecule has 2 fully saturated rings. The van der Waals surface area contributed by atoms with Crippen molar-refractivity contribution in [2.45, 2.75) is 51.0 Å². The zero-order valence-electron chi connectivity index (χ0n) is 11.3. The van der Waals surface area contributed by atoms with Crippen LogP contribution in [0.4, 0.5) is 0 Å². The summed E-state index contributed by atoms with van der Waals surface area (Å²) in [4.78, 5) is 24.6. The smallest absolute Gasteiger partial charge is 0.303 e. The lowest BCUT2D eigenvalue weighted by atomic mass is 9.93. The highest BCUT2D eigenvalue weighted by Crippen LogP contribution is 2.22. The van der Waals surface area contributed by atoms with Crippen LogP contribution in [0.2, 0.25) is 0 Å². The van der Waals surface area contributed by atoms with Crippen molar-refractivity contribution in [3.05, 3.63) is 0 Å². The maximum atomic E-state index is 12.1. The van der Waals surface area contributed by atoms with Gasteiger partial charge in [0.15, 0.2) is 0 Å². The fraction of sp³-hybridized carbons (Fsp3) is 0.857. The van der Waals surface area contributed by atoms with Crippen molar-refractivity contribution in [2.24, 2.45) is 5.92 Å². The average Bonchev–Trinajstić information content (AvgIpc) is 2.40. The van der Waals surface area contributed by atoms with Crippen molar-refractivity contribution in [3.8, 4) is 0 Å². The van der Waals surface area contributed by atoms with Gasteiger partial charge in [0.1, 0.15) is 0 Å². The lowest BCUT2D eigenvalue weighted by molar-refractivity contribution is -0.139. The molecule has 1 unspecified atom stereocenters. The fourth-order valence-corrected chi connectivity index (χ4v) is 2.93. The number of rotatable bonds is 4. The minimum absolute atomic E-state index is 0.0954. The molecular formula is C14H23NO4. The van der Waals surface area contributed by atoms with Crippen LogP contribution in [0.25, 0.3) is 0 Å². The van der Waals surface area contributed by atoms with Crippen LogP contribution in [0.1, 0.15) is 44.9 Å². The van der Waals surface area contributed by atoms with Crippen molar-refractivity contribution < 1.29 is 19.4 Å². The zero-order chi connectivity index (χ0) is 13.7. The number of hydrogen-bond donors (Lipinski definition) is 1. The first kappa shape index (κ1) is 14.3. The van der Waals surface area contributed by atoms with Gasteiger partial charge in [-0.1, -0.05) is 0 Å². The topological polar surface area (TPSA) is 66.8 Å². The molecule has 1 atom stereocenters. The molecule has 2 aliphatic rings. The number of nitrogens with zero attached hydrogens (tertiary/aromatic N) is 1. The van der Waals surface area contributed by atoms with E-state index in [0.717, 1.165) is 38.7 Å². The summed E-state index contributed by atoms with van der Waals surface area (Å²) in [5.74, 6) is -0.339. The number of ether oxygens (including phenoxy) is 1. The van der Waals surface area contributed by atoms with E-state index in [1.54, 1.807) is 0 Å². The van der Waals surface area contributed by atoms with Gasteiger partial charge in [0, 0.05) is 26.1 Å². The quantitative estimate of drug-likeness (QED) is 0.843. The Labute approximate surface area is 113 Å². The van der Waals surface area contributed by atoms with Crippen molar-refractivity contribution in [1.29, 1.82) is 0 Å². The second-order valence-electron chi connectivity index (χ2n) is 5.61. The standard InChI is InChI=1S/C14H23NO4/c16-13(10-12-3-1-2-8-19-12)15-6-4-11(5-7-15)9-14(17)18/h11-12H,1-10H2,(H,17,18). The Bertz CT molecular complexity index is 317. The first-order chi connectivity index (χ1) is 9.15. The largest absolute Gasteiger partial charge is 0.481 e. The predicted octanol–water partition coefficient (Wildman–Crippen LogP) is 1.66. The van der Waals surface area contributed by atoms with Gasteiger partial charge < -0.3 is 14.7 Å². The number of piperidine rings is 1. The van der Waals surface area contributed by atoms with Gasteiger partial charge in [-0.15, -0.1) is 0 Å². The van der Waals surface area contributed by atoms with Gasteiger partial charge in [-0.3, -0.25) is 9.59 Å². The maximum absolute atomic E-state index is 12.1. The SMILES string of the molecule is O=C(O)CC1CCN(C(=O)CC2CCCCO2)CC1. The van der Waals surface area contributed by atoms with E-state index in [9.17, 15) is 9.59 Å². The average molecular weight is 269 g/mol. The fourth-order valence-electron chi connectivity index (χ4n) is 2.93. The molecule has 108 valence electrons. The Morgan fingerprint density at radius 2 is 1.84 bits per heavy atom. The van der Waals surface area contributed by atoms with Crippen molar-refractivity contribution >= 4 is 11.9 Å². The molecule has 0 saturated carbocycles. The molecule has 1 N–H and O–H groups in total. The molecule has 0 spiro atoms. The van der Waals surface area contributed by atoms with Gasteiger partial charge in [-0.05, 0) is 38.0 Å². The molecule has 0 aromatic heterocycles. The van der Waals surface area contributed by atoms with Gasteiger partial charge in [0.25, 0.3) is 0 Å². The van der Waals surface area contributed by atoms with E-state index in [2.05, 4.69) is 0 Å². The second-order valence-corrected chi connectivity index (χ2v) is 5.61. The molecule has 0 aromatic carbocycles. The lowest BCUT2D eigenvalue weighted by Gasteiger charge is -2.33. The number of carboxylic acid groups (broad SMARTS) is 1. The molecular weight excluding hydrogens is 246 g/mol. The van der Waals surface area contributed by atoms with Gasteiger partial charge >= 0.3 is 5.97 Å². The normalized spacial score (nSPS) is 25.3. The Hall–Kier alpha value is -1.10. The third-order valence-corrected chi connectivity index (χ3v) is 4.11. The summed E-state index contributed by atoms with van der Waals surface area (Å²) in [6.45, 7) is 2.17. The molecule has 5 heteroatoms. The highest BCUT2D eigenvalue weighted by atomic mass is 16.5. The third-order valence-electron chi connectivity index (χ3n) is 4.11. The number of carbonyl (C=O) groups excluding carboxylic acids is 1. The van der Waals surface area contributed by atoms with Crippen LogP contribution in [-0.4, -0.2) is 47.7 Å². The Balaban J connectivity index is 1.71. The van der Waals surface area contributed by atoms with Crippen LogP contribution in [0.15, 0.2) is 0 Å². The number of amides is 1. The predicted molar refractivity (Wildman–Crippen MR) is 69.8 cm³/mol. The number of likely N-dealkylation sites (tertiary alicyclic amines) is 1. The van der Waals surface area contributed by atoms with Gasteiger partial charge in [-0.2, -0.15) is 0 Å². The molecule has 0 radical (unpaired) electrons. The number of hydrogen-bond acceptors (Lipinski definition) is 3. The molecule has 2 rings (SSSR count). The monoisotopic (exact) mass is 269 g/mol. The first-order valence-corrected chi connectivity index (χ1v) is 7.26. The van der Waals surface area contributed by atoms with E-state index in [-0.39, 0.29) is 24.3 Å². The van der Waals surface area contributed by atoms with E-state index >= 15 is 0 Å². The van der Waals surface area contributed by atoms with Crippen LogP contribution in [0, 0.1) is 5.92 Å². The molecule has 19 heavy (non-hydrogen) atoms. The summed E-state index contributed by atoms with van der Waals surface area (Å²) < 4.78 is 5.59. The molecule has 5 nitrogen and oxygen atoms in total. The lowest BCUT2D eigenvalue weighted by Crippen LogP contribution is -2.40. The second kappa shape index (κ2) is 6.89. The number of aliphatic carboxylic acids is 1. The van der Waals surface area contributed by atoms with Crippen LogP contribution in [0.3, 0.4) is 0 Å². The van der Waals surface area contributed by atoms with Crippen molar-refractivity contribution in [2.75, 3.05) is 19.7 Å². The summed E-state index contributed by atoms with van der Waals surface area (Å²) in [6, 6.07) is 0. The van der Waals surface area contributed by atoms with Crippen molar-refractivity contribution in [1.82, 2.24) is 4.90 Å². The summed E-state index contributed by atoms with van der Waals surface area (Å²) in [5, 5.41) is 8.76. The molecule has 2 saturated heterocycles. The van der Waals surface area contributed by atoms with Crippen LogP contribution >= 0.6 is 0 Å². The first-order valence-electron chi connectivity index (χ1n) is 7.26. The van der Waals surface area contributed by atoms with Crippen LogP contribution < -0.4 is 0 Å². The summed E-state index contributed by atoms with van der Waals surface area (Å²) in [7, 11) is 0. The zero-order valence-corrected chi connectivity index (χ0v) is 11.3. The van der Waals surface area contributed by atoms with Crippen LogP contribution in [0.5, 0.6) is 0 Å². The molecule has 0 aliphatic carbocycles. The minimum Gasteiger partial charge on any atom is -0.481 e. The summed E-state index contributed by atoms with van der Waals surface area (Å²) >= 11 is 0. The van der Waals surface area contributed by atoms with Gasteiger partial charge in [0.05, 0.1) is 12.5 Å². The van der Waals surface area contributed by atoms with E-state index in [1.807, 2.05) is 4.90 Å². The Morgan fingerprint density at radius 1 is 1.11 bits per heavy atom. The molecule has 0 bridgehead atoms. The Kier molecular flexibility index (Phi) is 5.19. The highest BCUT2D eigenvalue weighted by Gasteiger charge is 2.26. The minimum atomic E-state index is -0.736. The summed E-state index contributed by atoms with van der Waals surface area (Å²) in [5.41, 5.74) is 0. The van der Waals surface area contributed by atoms with Gasteiger partial charge in [-0.25, -0.2) is 0 Å².